The molecule has 17 heavy (non-hydrogen) atoms. The summed E-state index contributed by atoms with van der Waals surface area (Å²) in [7, 11) is 0. The molecule has 1 saturated heterocycles. The van der Waals surface area contributed by atoms with Crippen LogP contribution in [0.2, 0.25) is 0 Å². The number of aromatic nitrogens is 1. The van der Waals surface area contributed by atoms with Crippen LogP contribution < -0.4 is 4.90 Å². The summed E-state index contributed by atoms with van der Waals surface area (Å²) < 4.78 is 0. The highest BCUT2D eigenvalue weighted by molar-refractivity contribution is 5.49. The fourth-order valence-electron chi connectivity index (χ4n) is 3.46. The van der Waals surface area contributed by atoms with Gasteiger partial charge in [0.2, 0.25) is 0 Å². The van der Waals surface area contributed by atoms with Gasteiger partial charge in [-0.25, -0.2) is 0 Å². The van der Waals surface area contributed by atoms with Gasteiger partial charge in [-0.05, 0) is 37.3 Å². The maximum atomic E-state index is 9.16. The van der Waals surface area contributed by atoms with Gasteiger partial charge < -0.3 is 10.0 Å². The SMILES string of the molecule is OCc1cc(N2CCC3CCCCC32)ccn1. The van der Waals surface area contributed by atoms with Gasteiger partial charge in [-0.2, -0.15) is 0 Å². The second kappa shape index (κ2) is 4.65. The summed E-state index contributed by atoms with van der Waals surface area (Å²) in [5.41, 5.74) is 2.03. The minimum atomic E-state index is 0.0375. The number of pyridine rings is 1. The van der Waals surface area contributed by atoms with E-state index in [0.717, 1.165) is 17.7 Å². The molecular formula is C14H20N2O. The molecule has 1 aromatic rings. The Bertz CT molecular complexity index is 394. The predicted octanol–water partition coefficient (Wildman–Crippen LogP) is 2.34. The lowest BCUT2D eigenvalue weighted by Crippen LogP contribution is -2.34. The van der Waals surface area contributed by atoms with Crippen molar-refractivity contribution >= 4 is 5.69 Å². The average molecular weight is 232 g/mol. The van der Waals surface area contributed by atoms with Gasteiger partial charge in [0.05, 0.1) is 12.3 Å². The van der Waals surface area contributed by atoms with Gasteiger partial charge in [0, 0.05) is 24.5 Å². The Labute approximate surface area is 102 Å². The molecule has 0 aromatic carbocycles. The Balaban J connectivity index is 1.83. The van der Waals surface area contributed by atoms with Gasteiger partial charge >= 0.3 is 0 Å². The molecule has 0 amide bonds. The van der Waals surface area contributed by atoms with Crippen LogP contribution in [0.1, 0.15) is 37.8 Å². The largest absolute Gasteiger partial charge is 0.390 e. The quantitative estimate of drug-likeness (QED) is 0.850. The van der Waals surface area contributed by atoms with E-state index in [0.29, 0.717) is 0 Å². The molecule has 2 atom stereocenters. The molecular weight excluding hydrogens is 212 g/mol. The van der Waals surface area contributed by atoms with Crippen LogP contribution in [0.25, 0.3) is 0 Å². The summed E-state index contributed by atoms with van der Waals surface area (Å²) in [5.74, 6) is 0.898. The van der Waals surface area contributed by atoms with Gasteiger partial charge in [0.15, 0.2) is 0 Å². The number of aliphatic hydroxyl groups is 1. The number of hydrogen-bond acceptors (Lipinski definition) is 3. The Morgan fingerprint density at radius 3 is 3.06 bits per heavy atom. The maximum absolute atomic E-state index is 9.16. The van der Waals surface area contributed by atoms with Crippen molar-refractivity contribution in [3.8, 4) is 0 Å². The van der Waals surface area contributed by atoms with Crippen LogP contribution in [-0.4, -0.2) is 22.7 Å². The summed E-state index contributed by atoms with van der Waals surface area (Å²) in [5, 5.41) is 9.16. The number of nitrogens with zero attached hydrogens (tertiary/aromatic N) is 2. The number of aliphatic hydroxyl groups excluding tert-OH is 1. The van der Waals surface area contributed by atoms with E-state index in [-0.39, 0.29) is 6.61 Å². The molecule has 92 valence electrons. The summed E-state index contributed by atoms with van der Waals surface area (Å²) >= 11 is 0. The van der Waals surface area contributed by atoms with Gasteiger partial charge in [-0.3, -0.25) is 4.98 Å². The molecule has 1 N–H and O–H groups in total. The molecule has 3 heteroatoms. The molecule has 3 rings (SSSR count). The third-order valence-electron chi connectivity index (χ3n) is 4.30. The van der Waals surface area contributed by atoms with Crippen LogP contribution in [-0.2, 0) is 6.61 Å². The minimum absolute atomic E-state index is 0.0375. The van der Waals surface area contributed by atoms with Gasteiger partial charge in [-0.1, -0.05) is 12.8 Å². The van der Waals surface area contributed by atoms with Crippen molar-refractivity contribution in [2.45, 2.75) is 44.8 Å². The Hall–Kier alpha value is -1.09. The lowest BCUT2D eigenvalue weighted by atomic mass is 9.85. The van der Waals surface area contributed by atoms with Crippen LogP contribution in [0.4, 0.5) is 5.69 Å². The van der Waals surface area contributed by atoms with E-state index in [4.69, 9.17) is 5.11 Å². The third kappa shape index (κ3) is 2.04. The molecule has 2 heterocycles. The number of anilines is 1. The summed E-state index contributed by atoms with van der Waals surface area (Å²) in [6, 6.07) is 4.85. The highest BCUT2D eigenvalue weighted by atomic mass is 16.3. The van der Waals surface area contributed by atoms with E-state index in [9.17, 15) is 0 Å². The molecule has 3 nitrogen and oxygen atoms in total. The zero-order valence-corrected chi connectivity index (χ0v) is 10.2. The molecule has 2 aliphatic rings. The standard InChI is InChI=1S/C14H20N2O/c17-10-12-9-13(5-7-15-12)16-8-6-11-3-1-2-4-14(11)16/h5,7,9,11,14,17H,1-4,6,8,10H2. The fraction of sp³-hybridized carbons (Fsp3) is 0.643. The number of hydrogen-bond donors (Lipinski definition) is 1. The van der Waals surface area contributed by atoms with E-state index >= 15 is 0 Å². The second-order valence-electron chi connectivity index (χ2n) is 5.26. The van der Waals surface area contributed by atoms with Crippen LogP contribution in [0.3, 0.4) is 0 Å². The van der Waals surface area contributed by atoms with Crippen molar-refractivity contribution in [1.29, 1.82) is 0 Å². The van der Waals surface area contributed by atoms with E-state index in [1.807, 2.05) is 12.3 Å². The van der Waals surface area contributed by atoms with E-state index in [2.05, 4.69) is 16.0 Å². The lowest BCUT2D eigenvalue weighted by Gasteiger charge is -2.33. The molecule has 1 saturated carbocycles. The highest BCUT2D eigenvalue weighted by Crippen LogP contribution is 2.38. The topological polar surface area (TPSA) is 36.4 Å². The van der Waals surface area contributed by atoms with Crippen molar-refractivity contribution in [2.24, 2.45) is 5.92 Å². The van der Waals surface area contributed by atoms with Gasteiger partial charge in [0.25, 0.3) is 0 Å². The number of fused-ring (bicyclic) bond motifs is 1. The van der Waals surface area contributed by atoms with Crippen LogP contribution >= 0.6 is 0 Å². The first-order chi connectivity index (χ1) is 8.38. The first kappa shape index (κ1) is 11.0. The van der Waals surface area contributed by atoms with E-state index in [1.165, 1.54) is 44.3 Å². The Morgan fingerprint density at radius 1 is 1.29 bits per heavy atom. The zero-order chi connectivity index (χ0) is 11.7. The second-order valence-corrected chi connectivity index (χ2v) is 5.26. The van der Waals surface area contributed by atoms with Crippen molar-refractivity contribution in [3.63, 3.8) is 0 Å². The predicted molar refractivity (Wildman–Crippen MR) is 67.9 cm³/mol. The Morgan fingerprint density at radius 2 is 2.18 bits per heavy atom. The molecule has 1 aromatic heterocycles. The van der Waals surface area contributed by atoms with E-state index in [1.54, 1.807) is 0 Å². The third-order valence-corrected chi connectivity index (χ3v) is 4.30. The molecule has 1 aliphatic heterocycles. The first-order valence-electron chi connectivity index (χ1n) is 6.71. The van der Waals surface area contributed by atoms with Crippen molar-refractivity contribution < 1.29 is 5.11 Å². The molecule has 1 aliphatic carbocycles. The molecule has 0 spiro atoms. The van der Waals surface area contributed by atoms with Crippen LogP contribution in [0, 0.1) is 5.92 Å². The molecule has 2 unspecified atom stereocenters. The van der Waals surface area contributed by atoms with Crippen molar-refractivity contribution in [2.75, 3.05) is 11.4 Å². The monoisotopic (exact) mass is 232 g/mol. The van der Waals surface area contributed by atoms with Crippen LogP contribution in [0.5, 0.6) is 0 Å². The summed E-state index contributed by atoms with van der Waals surface area (Å²) in [6.45, 7) is 1.21. The molecule has 0 bridgehead atoms. The summed E-state index contributed by atoms with van der Waals surface area (Å²) in [4.78, 5) is 6.69. The smallest absolute Gasteiger partial charge is 0.0853 e. The zero-order valence-electron chi connectivity index (χ0n) is 10.2. The average Bonchev–Trinajstić information content (AvgIpc) is 2.82. The molecule has 0 radical (unpaired) electrons. The molecule has 2 fully saturated rings. The van der Waals surface area contributed by atoms with Gasteiger partial charge in [0.1, 0.15) is 0 Å². The van der Waals surface area contributed by atoms with Crippen molar-refractivity contribution in [3.05, 3.63) is 24.0 Å². The normalized spacial score (nSPS) is 28.2. The van der Waals surface area contributed by atoms with E-state index < -0.39 is 0 Å². The Kier molecular flexibility index (Phi) is 3.02. The lowest BCUT2D eigenvalue weighted by molar-refractivity contribution is 0.277. The summed E-state index contributed by atoms with van der Waals surface area (Å²) in [6.07, 6.45) is 8.67. The fourth-order valence-corrected chi connectivity index (χ4v) is 3.46. The number of rotatable bonds is 2. The van der Waals surface area contributed by atoms with Gasteiger partial charge in [-0.15, -0.1) is 0 Å². The highest BCUT2D eigenvalue weighted by Gasteiger charge is 2.35. The maximum Gasteiger partial charge on any atom is 0.0853 e. The van der Waals surface area contributed by atoms with Crippen molar-refractivity contribution in [1.82, 2.24) is 4.98 Å². The minimum Gasteiger partial charge on any atom is -0.390 e. The van der Waals surface area contributed by atoms with Crippen LogP contribution in [0.15, 0.2) is 18.3 Å². The first-order valence-corrected chi connectivity index (χ1v) is 6.71.